The van der Waals surface area contributed by atoms with Crippen LogP contribution in [0, 0.1) is 0 Å². The van der Waals surface area contributed by atoms with Gasteiger partial charge < -0.3 is 15.3 Å². The highest BCUT2D eigenvalue weighted by atomic mass is 16.3. The second-order valence-corrected chi connectivity index (χ2v) is 4.92. The average molecular weight is 230 g/mol. The van der Waals surface area contributed by atoms with Crippen molar-refractivity contribution in [2.45, 2.75) is 59.0 Å². The van der Waals surface area contributed by atoms with Crippen LogP contribution >= 0.6 is 0 Å². The lowest BCUT2D eigenvalue weighted by Crippen LogP contribution is -2.50. The highest BCUT2D eigenvalue weighted by Crippen LogP contribution is 2.15. The molecule has 0 rings (SSSR count). The first-order valence-corrected chi connectivity index (χ1v) is 6.62. The van der Waals surface area contributed by atoms with Gasteiger partial charge in [0.25, 0.3) is 0 Å². The highest BCUT2D eigenvalue weighted by Gasteiger charge is 2.26. The van der Waals surface area contributed by atoms with Gasteiger partial charge in [-0.1, -0.05) is 20.8 Å². The Morgan fingerprint density at radius 2 is 1.81 bits per heavy atom. The lowest BCUT2D eigenvalue weighted by molar-refractivity contribution is 0.120. The predicted octanol–water partition coefficient (Wildman–Crippen LogP) is 1.86. The van der Waals surface area contributed by atoms with E-state index in [0.29, 0.717) is 6.04 Å². The molecular formula is C13H30N2O. The Morgan fingerprint density at radius 3 is 2.19 bits per heavy atom. The van der Waals surface area contributed by atoms with E-state index < -0.39 is 0 Å². The van der Waals surface area contributed by atoms with Gasteiger partial charge in [0.05, 0.1) is 6.61 Å². The van der Waals surface area contributed by atoms with E-state index >= 15 is 0 Å². The number of nitrogens with one attached hydrogen (secondary N) is 1. The summed E-state index contributed by atoms with van der Waals surface area (Å²) < 4.78 is 0. The Hall–Kier alpha value is -0.120. The zero-order valence-electron chi connectivity index (χ0n) is 11.7. The zero-order valence-corrected chi connectivity index (χ0v) is 11.7. The fraction of sp³-hybridized carbons (Fsp3) is 1.00. The van der Waals surface area contributed by atoms with Crippen LogP contribution in [0.25, 0.3) is 0 Å². The van der Waals surface area contributed by atoms with Gasteiger partial charge in [0.1, 0.15) is 0 Å². The maximum atomic E-state index is 9.51. The molecule has 0 aliphatic heterocycles. The van der Waals surface area contributed by atoms with Gasteiger partial charge in [-0.2, -0.15) is 0 Å². The van der Waals surface area contributed by atoms with Gasteiger partial charge in [-0.15, -0.1) is 0 Å². The molecule has 0 saturated heterocycles. The van der Waals surface area contributed by atoms with Gasteiger partial charge in [-0.25, -0.2) is 0 Å². The molecule has 3 heteroatoms. The normalized spacial score (nSPS) is 17.4. The summed E-state index contributed by atoms with van der Waals surface area (Å²) >= 11 is 0. The lowest BCUT2D eigenvalue weighted by atomic mass is 9.93. The van der Waals surface area contributed by atoms with Gasteiger partial charge in [0.15, 0.2) is 0 Å². The van der Waals surface area contributed by atoms with Crippen LogP contribution in [0.15, 0.2) is 0 Å². The Bertz CT molecular complexity index is 171. The highest BCUT2D eigenvalue weighted by molar-refractivity contribution is 4.86. The third-order valence-corrected chi connectivity index (χ3v) is 3.33. The van der Waals surface area contributed by atoms with Gasteiger partial charge in [-0.05, 0) is 46.3 Å². The fourth-order valence-corrected chi connectivity index (χ4v) is 2.25. The summed E-state index contributed by atoms with van der Waals surface area (Å²) in [6.45, 7) is 14.2. The standard InChI is InChI=1S/C13H30N2O/c1-6-9-14-13(5,11-16)10-12(4)15(7-2)8-3/h12,14,16H,6-11H2,1-5H3. The van der Waals surface area contributed by atoms with Crippen molar-refractivity contribution < 1.29 is 5.11 Å². The molecule has 0 aromatic carbocycles. The molecule has 0 fully saturated rings. The first-order valence-electron chi connectivity index (χ1n) is 6.62. The van der Waals surface area contributed by atoms with Crippen molar-refractivity contribution in [1.29, 1.82) is 0 Å². The van der Waals surface area contributed by atoms with Crippen LogP contribution in [-0.4, -0.2) is 47.8 Å². The molecule has 2 atom stereocenters. The molecule has 0 radical (unpaired) electrons. The van der Waals surface area contributed by atoms with E-state index in [9.17, 15) is 5.11 Å². The van der Waals surface area contributed by atoms with Crippen LogP contribution < -0.4 is 5.32 Å². The summed E-state index contributed by atoms with van der Waals surface area (Å²) in [6.07, 6.45) is 2.10. The molecule has 98 valence electrons. The minimum Gasteiger partial charge on any atom is -0.394 e. The summed E-state index contributed by atoms with van der Waals surface area (Å²) in [6, 6.07) is 0.511. The van der Waals surface area contributed by atoms with Crippen LogP contribution in [0.2, 0.25) is 0 Å². The molecule has 0 spiro atoms. The largest absolute Gasteiger partial charge is 0.394 e. The Balaban J connectivity index is 4.27. The molecule has 2 N–H and O–H groups in total. The molecular weight excluding hydrogens is 200 g/mol. The van der Waals surface area contributed by atoms with Crippen LogP contribution in [0.1, 0.15) is 47.5 Å². The molecule has 0 aromatic rings. The van der Waals surface area contributed by atoms with E-state index in [4.69, 9.17) is 0 Å². The van der Waals surface area contributed by atoms with Gasteiger partial charge in [-0.3, -0.25) is 0 Å². The molecule has 0 heterocycles. The molecule has 16 heavy (non-hydrogen) atoms. The third-order valence-electron chi connectivity index (χ3n) is 3.33. The van der Waals surface area contributed by atoms with Crippen molar-refractivity contribution in [3.63, 3.8) is 0 Å². The molecule has 3 nitrogen and oxygen atoms in total. The summed E-state index contributed by atoms with van der Waals surface area (Å²) in [4.78, 5) is 2.43. The smallest absolute Gasteiger partial charge is 0.0611 e. The Kier molecular flexibility index (Phi) is 7.98. The lowest BCUT2D eigenvalue weighted by Gasteiger charge is -2.36. The second kappa shape index (κ2) is 8.04. The number of hydrogen-bond donors (Lipinski definition) is 2. The summed E-state index contributed by atoms with van der Waals surface area (Å²) in [5.41, 5.74) is -0.141. The molecule has 0 aromatic heterocycles. The first-order chi connectivity index (χ1) is 7.52. The number of nitrogens with zero attached hydrogens (tertiary/aromatic N) is 1. The van der Waals surface area contributed by atoms with Crippen molar-refractivity contribution in [2.24, 2.45) is 0 Å². The van der Waals surface area contributed by atoms with Crippen molar-refractivity contribution in [1.82, 2.24) is 10.2 Å². The molecule has 0 bridgehead atoms. The van der Waals surface area contributed by atoms with Crippen LogP contribution in [0.3, 0.4) is 0 Å². The Labute approximate surface area is 101 Å². The van der Waals surface area contributed by atoms with Crippen molar-refractivity contribution >= 4 is 0 Å². The first kappa shape index (κ1) is 15.9. The van der Waals surface area contributed by atoms with E-state index in [0.717, 1.165) is 32.5 Å². The number of aliphatic hydroxyl groups is 1. The summed E-state index contributed by atoms with van der Waals surface area (Å²) in [5.74, 6) is 0. The topological polar surface area (TPSA) is 35.5 Å². The van der Waals surface area contributed by atoms with Crippen molar-refractivity contribution in [2.75, 3.05) is 26.2 Å². The van der Waals surface area contributed by atoms with E-state index in [1.807, 2.05) is 0 Å². The summed E-state index contributed by atoms with van der Waals surface area (Å²) in [7, 11) is 0. The minimum absolute atomic E-state index is 0.141. The van der Waals surface area contributed by atoms with Crippen molar-refractivity contribution in [3.05, 3.63) is 0 Å². The quantitative estimate of drug-likeness (QED) is 0.634. The van der Waals surface area contributed by atoms with Gasteiger partial charge in [0, 0.05) is 11.6 Å². The van der Waals surface area contributed by atoms with Gasteiger partial charge >= 0.3 is 0 Å². The molecule has 0 saturated carbocycles. The maximum absolute atomic E-state index is 9.51. The van der Waals surface area contributed by atoms with Crippen LogP contribution in [-0.2, 0) is 0 Å². The van der Waals surface area contributed by atoms with E-state index in [1.165, 1.54) is 0 Å². The molecule has 0 aliphatic rings. The maximum Gasteiger partial charge on any atom is 0.0611 e. The molecule has 2 unspecified atom stereocenters. The number of hydrogen-bond acceptors (Lipinski definition) is 3. The molecule has 0 amide bonds. The van der Waals surface area contributed by atoms with E-state index in [2.05, 4.69) is 44.8 Å². The monoisotopic (exact) mass is 230 g/mol. The number of rotatable bonds is 9. The average Bonchev–Trinajstić information content (AvgIpc) is 2.28. The van der Waals surface area contributed by atoms with E-state index in [1.54, 1.807) is 0 Å². The minimum atomic E-state index is -0.141. The van der Waals surface area contributed by atoms with Crippen LogP contribution in [0.4, 0.5) is 0 Å². The summed E-state index contributed by atoms with van der Waals surface area (Å²) in [5, 5.41) is 13.0. The van der Waals surface area contributed by atoms with Gasteiger partial charge in [0.2, 0.25) is 0 Å². The van der Waals surface area contributed by atoms with Crippen molar-refractivity contribution in [3.8, 4) is 0 Å². The third kappa shape index (κ3) is 5.28. The van der Waals surface area contributed by atoms with Crippen LogP contribution in [0.5, 0.6) is 0 Å². The predicted molar refractivity (Wildman–Crippen MR) is 70.8 cm³/mol. The zero-order chi connectivity index (χ0) is 12.6. The molecule has 0 aliphatic carbocycles. The second-order valence-electron chi connectivity index (χ2n) is 4.92. The SMILES string of the molecule is CCCNC(C)(CO)CC(C)N(CC)CC. The van der Waals surface area contributed by atoms with E-state index in [-0.39, 0.29) is 12.1 Å². The number of aliphatic hydroxyl groups excluding tert-OH is 1. The fourth-order valence-electron chi connectivity index (χ4n) is 2.25. The Morgan fingerprint density at radius 1 is 1.25 bits per heavy atom.